The first-order chi connectivity index (χ1) is 5.65. The van der Waals surface area contributed by atoms with E-state index in [1.54, 1.807) is 0 Å². The van der Waals surface area contributed by atoms with Crippen molar-refractivity contribution in [2.45, 2.75) is 4.90 Å². The van der Waals surface area contributed by atoms with Gasteiger partial charge in [0, 0.05) is 10.5 Å². The van der Waals surface area contributed by atoms with Crippen molar-refractivity contribution >= 4 is 24.9 Å². The molecule has 0 aromatic heterocycles. The van der Waals surface area contributed by atoms with Crippen molar-refractivity contribution in [2.75, 3.05) is 0 Å². The van der Waals surface area contributed by atoms with Gasteiger partial charge in [-0.05, 0) is 12.1 Å². The number of carboxylic acid groups (broad SMARTS) is 1. The molecule has 0 heterocycles. The molecule has 0 saturated carbocycles. The van der Waals surface area contributed by atoms with Gasteiger partial charge in [-0.3, -0.25) is 4.79 Å². The largest absolute Gasteiger partial charge is 0.478 e. The Labute approximate surface area is 74.4 Å². The summed E-state index contributed by atoms with van der Waals surface area (Å²) in [5.74, 6) is -1.08. The van der Waals surface area contributed by atoms with Crippen LogP contribution in [-0.4, -0.2) is 17.4 Å². The van der Waals surface area contributed by atoms with Crippen molar-refractivity contribution in [3.8, 4) is 0 Å². The zero-order chi connectivity index (χ0) is 9.14. The third kappa shape index (κ3) is 1.65. The molecule has 0 aliphatic rings. The minimum absolute atomic E-state index is 0.0444. The second-order valence-electron chi connectivity index (χ2n) is 2.20. The van der Waals surface area contributed by atoms with Gasteiger partial charge < -0.3 is 5.11 Å². The van der Waals surface area contributed by atoms with E-state index >= 15 is 0 Å². The van der Waals surface area contributed by atoms with E-state index in [0.717, 1.165) is 0 Å². The molecule has 3 nitrogen and oxygen atoms in total. The highest BCUT2D eigenvalue weighted by Crippen LogP contribution is 2.14. The highest BCUT2D eigenvalue weighted by molar-refractivity contribution is 7.80. The average Bonchev–Trinajstić information content (AvgIpc) is 2.05. The van der Waals surface area contributed by atoms with Crippen molar-refractivity contribution in [2.24, 2.45) is 0 Å². The number of carbonyl (C=O) groups is 2. The van der Waals surface area contributed by atoms with Gasteiger partial charge in [-0.25, -0.2) is 4.79 Å². The molecule has 12 heavy (non-hydrogen) atoms. The number of hydrogen-bond donors (Lipinski definition) is 2. The van der Waals surface area contributed by atoms with Gasteiger partial charge in [0.25, 0.3) is 0 Å². The molecule has 1 aromatic carbocycles. The van der Waals surface area contributed by atoms with Gasteiger partial charge in [0.05, 0.1) is 5.56 Å². The van der Waals surface area contributed by atoms with Crippen molar-refractivity contribution in [1.82, 2.24) is 0 Å². The number of aromatic carboxylic acids is 1. The lowest BCUT2D eigenvalue weighted by Crippen LogP contribution is -1.98. The molecule has 0 unspecified atom stereocenters. The summed E-state index contributed by atoms with van der Waals surface area (Å²) in [6.45, 7) is 0. The molecule has 0 atom stereocenters. The molecule has 1 aromatic rings. The Balaban J connectivity index is 3.25. The molecule has 1 rings (SSSR count). The van der Waals surface area contributed by atoms with E-state index in [1.165, 1.54) is 18.2 Å². The molecule has 0 aliphatic heterocycles. The molecule has 0 saturated heterocycles. The Hall–Kier alpha value is -1.29. The highest BCUT2D eigenvalue weighted by Gasteiger charge is 2.07. The number of benzene rings is 1. The van der Waals surface area contributed by atoms with E-state index in [4.69, 9.17) is 5.11 Å². The highest BCUT2D eigenvalue weighted by atomic mass is 32.1. The number of aldehydes is 1. The Morgan fingerprint density at radius 3 is 2.67 bits per heavy atom. The Morgan fingerprint density at radius 2 is 2.17 bits per heavy atom. The van der Waals surface area contributed by atoms with Crippen LogP contribution >= 0.6 is 12.6 Å². The summed E-state index contributed by atoms with van der Waals surface area (Å²) in [5.41, 5.74) is 0.383. The average molecular weight is 182 g/mol. The van der Waals surface area contributed by atoms with E-state index in [1.807, 2.05) is 0 Å². The molecule has 0 amide bonds. The summed E-state index contributed by atoms with van der Waals surface area (Å²) < 4.78 is 0. The predicted molar refractivity (Wildman–Crippen MR) is 46.0 cm³/mol. The summed E-state index contributed by atoms with van der Waals surface area (Å²) in [4.78, 5) is 21.2. The molecule has 0 bridgehead atoms. The van der Waals surface area contributed by atoms with Crippen LogP contribution in [0.15, 0.2) is 23.1 Å². The SMILES string of the molecule is O=Cc1ccc(S)c(C(=O)O)c1. The number of rotatable bonds is 2. The maximum absolute atomic E-state index is 10.5. The summed E-state index contributed by atoms with van der Waals surface area (Å²) in [5, 5.41) is 8.62. The lowest BCUT2D eigenvalue weighted by molar-refractivity contribution is 0.0693. The first-order valence-corrected chi connectivity index (χ1v) is 3.61. The van der Waals surface area contributed by atoms with E-state index in [9.17, 15) is 9.59 Å². The van der Waals surface area contributed by atoms with Gasteiger partial charge >= 0.3 is 5.97 Å². The number of carboxylic acids is 1. The number of thiol groups is 1. The predicted octanol–water partition coefficient (Wildman–Crippen LogP) is 1.49. The van der Waals surface area contributed by atoms with Gasteiger partial charge in [0.2, 0.25) is 0 Å². The van der Waals surface area contributed by atoms with Gasteiger partial charge in [-0.15, -0.1) is 12.6 Å². The van der Waals surface area contributed by atoms with Crippen LogP contribution < -0.4 is 0 Å². The molecular formula is C8H6O3S. The van der Waals surface area contributed by atoms with Gasteiger partial charge in [-0.2, -0.15) is 0 Å². The first kappa shape index (κ1) is 8.80. The van der Waals surface area contributed by atoms with E-state index in [2.05, 4.69) is 12.6 Å². The zero-order valence-corrected chi connectivity index (χ0v) is 6.91. The Bertz CT molecular complexity index is 333. The fourth-order valence-corrected chi connectivity index (χ4v) is 1.03. The topological polar surface area (TPSA) is 54.4 Å². The Morgan fingerprint density at radius 1 is 1.50 bits per heavy atom. The lowest BCUT2D eigenvalue weighted by atomic mass is 10.1. The van der Waals surface area contributed by atoms with E-state index in [-0.39, 0.29) is 5.56 Å². The monoisotopic (exact) mass is 182 g/mol. The summed E-state index contributed by atoms with van der Waals surface area (Å²) in [6, 6.07) is 4.29. The number of carbonyl (C=O) groups excluding carboxylic acids is 1. The van der Waals surface area contributed by atoms with Crippen molar-refractivity contribution < 1.29 is 14.7 Å². The van der Waals surface area contributed by atoms with Crippen molar-refractivity contribution in [1.29, 1.82) is 0 Å². The molecule has 0 spiro atoms. The van der Waals surface area contributed by atoms with Crippen LogP contribution in [0.3, 0.4) is 0 Å². The minimum Gasteiger partial charge on any atom is -0.478 e. The standard InChI is InChI=1S/C8H6O3S/c9-4-5-1-2-7(12)6(3-5)8(10)11/h1-4,12H,(H,10,11). The fraction of sp³-hybridized carbons (Fsp3) is 0. The van der Waals surface area contributed by atoms with Crippen LogP contribution in [0.2, 0.25) is 0 Å². The van der Waals surface area contributed by atoms with Crippen LogP contribution in [0.1, 0.15) is 20.7 Å². The second-order valence-corrected chi connectivity index (χ2v) is 2.68. The maximum atomic E-state index is 10.5. The maximum Gasteiger partial charge on any atom is 0.336 e. The molecule has 0 radical (unpaired) electrons. The second kappa shape index (κ2) is 3.40. The third-order valence-electron chi connectivity index (χ3n) is 1.39. The zero-order valence-electron chi connectivity index (χ0n) is 6.02. The van der Waals surface area contributed by atoms with Crippen LogP contribution in [0.5, 0.6) is 0 Å². The normalized spacial score (nSPS) is 9.42. The van der Waals surface area contributed by atoms with Crippen LogP contribution in [0, 0.1) is 0 Å². The summed E-state index contributed by atoms with van der Waals surface area (Å²) in [7, 11) is 0. The number of hydrogen-bond acceptors (Lipinski definition) is 3. The fourth-order valence-electron chi connectivity index (χ4n) is 0.798. The minimum atomic E-state index is -1.08. The molecule has 0 fully saturated rings. The molecule has 62 valence electrons. The van der Waals surface area contributed by atoms with Gasteiger partial charge in [0.1, 0.15) is 6.29 Å². The van der Waals surface area contributed by atoms with E-state index in [0.29, 0.717) is 16.7 Å². The van der Waals surface area contributed by atoms with Crippen molar-refractivity contribution in [3.63, 3.8) is 0 Å². The smallest absolute Gasteiger partial charge is 0.336 e. The van der Waals surface area contributed by atoms with Gasteiger partial charge in [0.15, 0.2) is 0 Å². The van der Waals surface area contributed by atoms with Gasteiger partial charge in [-0.1, -0.05) is 6.07 Å². The van der Waals surface area contributed by atoms with E-state index < -0.39 is 5.97 Å². The molecular weight excluding hydrogens is 176 g/mol. The van der Waals surface area contributed by atoms with Crippen LogP contribution in [0.4, 0.5) is 0 Å². The summed E-state index contributed by atoms with van der Waals surface area (Å²) >= 11 is 3.93. The van der Waals surface area contributed by atoms with Crippen molar-refractivity contribution in [3.05, 3.63) is 29.3 Å². The molecule has 0 aliphatic carbocycles. The first-order valence-electron chi connectivity index (χ1n) is 3.16. The quantitative estimate of drug-likeness (QED) is 0.538. The molecule has 4 heteroatoms. The Kier molecular flexibility index (Phi) is 2.50. The van der Waals surface area contributed by atoms with Crippen LogP contribution in [0.25, 0.3) is 0 Å². The van der Waals surface area contributed by atoms with Crippen LogP contribution in [-0.2, 0) is 0 Å². The third-order valence-corrected chi connectivity index (χ3v) is 1.78. The lowest BCUT2D eigenvalue weighted by Gasteiger charge is -1.98. The molecule has 1 N–H and O–H groups in total. The summed E-state index contributed by atoms with van der Waals surface area (Å²) in [6.07, 6.45) is 0.597.